The molecule has 70 heavy (non-hydrogen) atoms. The zero-order chi connectivity index (χ0) is 61.7. The molecule has 0 fully saturated rings. The minimum absolute atomic E-state index is 0.0554. The van der Waals surface area contributed by atoms with Crippen LogP contribution in [0.3, 0.4) is 0 Å². The Kier molecular flexibility index (Phi) is 13.9. The zero-order valence-corrected chi connectivity index (χ0v) is 44.4. The number of hydrogen-bond acceptors (Lipinski definition) is 0. The van der Waals surface area contributed by atoms with E-state index in [1.54, 1.807) is 42.3 Å². The molecular formula is C66H84N4+4. The molecule has 0 atom stereocenters. The van der Waals surface area contributed by atoms with Crippen LogP contribution in [0.4, 0.5) is 0 Å². The van der Waals surface area contributed by atoms with Crippen LogP contribution in [0.2, 0.25) is 0 Å². The summed E-state index contributed by atoms with van der Waals surface area (Å²) in [5.74, 6) is 0. The van der Waals surface area contributed by atoms with Gasteiger partial charge in [0.05, 0.1) is 0 Å². The molecule has 4 heterocycles. The van der Waals surface area contributed by atoms with E-state index in [1.165, 1.54) is 59.8 Å². The van der Waals surface area contributed by atoms with Crippen LogP contribution < -0.4 is 18.3 Å². The average Bonchev–Trinajstić information content (AvgIpc) is 3.53. The van der Waals surface area contributed by atoms with Crippen LogP contribution in [0.15, 0.2) is 152 Å². The highest BCUT2D eigenvalue weighted by Gasteiger charge is 2.19. The molecule has 4 nitrogen and oxygen atoms in total. The summed E-state index contributed by atoms with van der Waals surface area (Å²) in [6, 6.07) is 42.3. The molecular weight excluding hydrogens is 849 g/mol. The molecule has 0 N–H and O–H groups in total. The molecule has 0 aliphatic heterocycles. The number of aryl methyl sites for hydroxylation is 14. The number of benzene rings is 4. The van der Waals surface area contributed by atoms with Gasteiger partial charge < -0.3 is 0 Å². The Bertz CT molecular complexity index is 3400. The Hall–Kier alpha value is -6.52. The molecule has 0 saturated carbocycles. The Morgan fingerprint density at radius 3 is 1.07 bits per heavy atom. The van der Waals surface area contributed by atoms with Gasteiger partial charge in [-0.2, -0.15) is 0 Å². The maximum atomic E-state index is 7.98. The molecule has 0 radical (unpaired) electrons. The third-order valence-electron chi connectivity index (χ3n) is 12.5. The van der Waals surface area contributed by atoms with Crippen molar-refractivity contribution in [2.75, 3.05) is 0 Å². The lowest BCUT2D eigenvalue weighted by Crippen LogP contribution is -2.32. The largest absolute Gasteiger partial charge is 0.212 e. The molecule has 4 aromatic carbocycles. The van der Waals surface area contributed by atoms with Crippen LogP contribution in [0.5, 0.6) is 0 Å². The first-order chi connectivity index (χ1) is 37.7. The second-order valence-corrected chi connectivity index (χ2v) is 19.3. The van der Waals surface area contributed by atoms with E-state index in [2.05, 4.69) is 107 Å². The molecule has 0 unspecified atom stereocenters. The van der Waals surface area contributed by atoms with E-state index >= 15 is 0 Å². The molecule has 364 valence electrons. The SMILES string of the molecule is Cc1ccccc1-c1ccc(CC(C)(C)C)c[n+]1C.[2H]C([2H])(C)c1c[n+](C)c(-c2ccccc2C)cc1C.[2H]C([2H])([2H])c1c[n+](C)c(-c2ccccc2C)cc1C([2H])([2H])C.[2H]C([2H])([2H])c1c[n+](C)c(-c2ccccc2C)cc1C([2H])([2H])C. The first kappa shape index (κ1) is 39.2. The van der Waals surface area contributed by atoms with E-state index in [0.29, 0.717) is 5.41 Å². The molecule has 4 aromatic heterocycles. The maximum Gasteiger partial charge on any atom is 0.212 e. The summed E-state index contributed by atoms with van der Waals surface area (Å²) in [5, 5.41) is 0. The summed E-state index contributed by atoms with van der Waals surface area (Å²) in [7, 11) is 7.67. The average molecular weight is 945 g/mol. The first-order valence-corrected chi connectivity index (χ1v) is 24.0. The zero-order valence-electron chi connectivity index (χ0n) is 56.4. The van der Waals surface area contributed by atoms with Crippen LogP contribution in [0.25, 0.3) is 45.0 Å². The van der Waals surface area contributed by atoms with Crippen LogP contribution in [0, 0.1) is 53.7 Å². The lowest BCUT2D eigenvalue weighted by Gasteiger charge is -2.17. The standard InChI is InChI=1S/C18H24N.3C16H20N/c1-14-8-6-7-9-16(14)17-11-10-15(13-19(17)5)12-18(2,3)4;2*1-5-14-10-16(17(4)11-13(14)3)15-9-7-6-8-12(15)2;1-5-14-11-17(4)16(10-13(14)3)15-9-7-6-8-12(15)2/h6-11,13H,12H2,1-5H3;3*6-11H,5H2,1-4H3/q4*+1/i;2*3D3,5D2;5D2. The monoisotopic (exact) mass is 945 g/mol. The van der Waals surface area contributed by atoms with Crippen molar-refractivity contribution < 1.29 is 34.7 Å². The van der Waals surface area contributed by atoms with Gasteiger partial charge in [-0.15, -0.1) is 0 Å². The summed E-state index contributed by atoms with van der Waals surface area (Å²) in [4.78, 5) is 0. The molecule has 0 saturated heterocycles. The molecule has 0 bridgehead atoms. The van der Waals surface area contributed by atoms with Crippen molar-refractivity contribution in [3.63, 3.8) is 0 Å². The molecule has 0 spiro atoms. The van der Waals surface area contributed by atoms with Gasteiger partial charge in [0, 0.05) is 85.2 Å². The van der Waals surface area contributed by atoms with Crippen molar-refractivity contribution in [3.8, 4) is 45.0 Å². The van der Waals surface area contributed by atoms with Gasteiger partial charge in [-0.3, -0.25) is 0 Å². The van der Waals surface area contributed by atoms with Crippen LogP contribution in [-0.2, 0) is 53.7 Å². The molecule has 8 rings (SSSR count). The number of pyridine rings is 4. The van der Waals surface area contributed by atoms with Gasteiger partial charge in [0.1, 0.15) is 28.2 Å². The van der Waals surface area contributed by atoms with Crippen molar-refractivity contribution in [2.45, 2.75) is 115 Å². The normalized spacial score (nSPS) is 14.4. The van der Waals surface area contributed by atoms with Gasteiger partial charge in [0.25, 0.3) is 0 Å². The Balaban J connectivity index is 0.000000201. The molecule has 0 amide bonds. The fourth-order valence-electron chi connectivity index (χ4n) is 8.63. The number of aromatic nitrogens is 4. The lowest BCUT2D eigenvalue weighted by molar-refractivity contribution is -0.661. The van der Waals surface area contributed by atoms with Gasteiger partial charge in [0.2, 0.25) is 22.8 Å². The number of nitrogens with zero attached hydrogens (tertiary/aromatic N) is 4. The predicted molar refractivity (Wildman–Crippen MR) is 297 cm³/mol. The highest BCUT2D eigenvalue weighted by Crippen LogP contribution is 2.26. The summed E-state index contributed by atoms with van der Waals surface area (Å²) >= 11 is 0. The third kappa shape index (κ3) is 14.3. The van der Waals surface area contributed by atoms with Gasteiger partial charge in [-0.1, -0.05) is 114 Å². The summed E-state index contributed by atoms with van der Waals surface area (Å²) in [6.07, 6.45) is 3.53. The predicted octanol–water partition coefficient (Wildman–Crippen LogP) is 14.1. The van der Waals surface area contributed by atoms with E-state index in [-0.39, 0.29) is 22.3 Å². The van der Waals surface area contributed by atoms with Gasteiger partial charge in [0.15, 0.2) is 24.8 Å². The van der Waals surface area contributed by atoms with Crippen molar-refractivity contribution >= 4 is 0 Å². The number of rotatable bonds is 8. The van der Waals surface area contributed by atoms with E-state index in [1.807, 2.05) is 99.2 Å². The Morgan fingerprint density at radius 2 is 0.729 bits per heavy atom. The summed E-state index contributed by atoms with van der Waals surface area (Å²) in [6.45, 7) is 16.7. The van der Waals surface area contributed by atoms with Crippen molar-refractivity contribution in [1.82, 2.24) is 0 Å². The van der Waals surface area contributed by atoms with Gasteiger partial charge in [-0.25, -0.2) is 18.3 Å². The lowest BCUT2D eigenvalue weighted by atomic mass is 9.88. The highest BCUT2D eigenvalue weighted by atomic mass is 14.9. The van der Waals surface area contributed by atoms with Crippen molar-refractivity contribution in [1.29, 1.82) is 0 Å². The molecule has 8 aromatic rings. The summed E-state index contributed by atoms with van der Waals surface area (Å²) in [5.41, 5.74) is 17.1. The minimum atomic E-state index is -2.35. The van der Waals surface area contributed by atoms with Crippen LogP contribution in [-0.4, -0.2) is 0 Å². The molecule has 0 aliphatic carbocycles. The second kappa shape index (κ2) is 24.9. The van der Waals surface area contributed by atoms with E-state index in [4.69, 9.17) is 16.4 Å². The van der Waals surface area contributed by atoms with E-state index in [9.17, 15) is 0 Å². The highest BCUT2D eigenvalue weighted by molar-refractivity contribution is 5.64. The van der Waals surface area contributed by atoms with E-state index in [0.717, 1.165) is 56.9 Å². The van der Waals surface area contributed by atoms with E-state index < -0.39 is 32.8 Å². The van der Waals surface area contributed by atoms with Crippen LogP contribution in [0.1, 0.15) is 119 Å². The van der Waals surface area contributed by atoms with Crippen molar-refractivity contribution in [2.24, 2.45) is 33.6 Å². The maximum absolute atomic E-state index is 7.98. The Morgan fingerprint density at radius 1 is 0.386 bits per heavy atom. The first-order valence-electron chi connectivity index (χ1n) is 30.0. The fourth-order valence-corrected chi connectivity index (χ4v) is 8.63. The minimum Gasteiger partial charge on any atom is -0.201 e. The smallest absolute Gasteiger partial charge is 0.201 e. The fraction of sp³-hybridized carbons (Fsp3) is 0.333. The Labute approximate surface area is 440 Å². The topological polar surface area (TPSA) is 15.5 Å². The quantitative estimate of drug-likeness (QED) is 0.135. The van der Waals surface area contributed by atoms with Gasteiger partial charge in [-0.05, 0) is 149 Å². The van der Waals surface area contributed by atoms with Crippen molar-refractivity contribution in [3.05, 3.63) is 213 Å². The summed E-state index contributed by atoms with van der Waals surface area (Å²) < 4.78 is 101. The number of hydrogen-bond donors (Lipinski definition) is 0. The van der Waals surface area contributed by atoms with Gasteiger partial charge >= 0.3 is 0 Å². The second-order valence-electron chi connectivity index (χ2n) is 19.3. The third-order valence-corrected chi connectivity index (χ3v) is 12.5. The van der Waals surface area contributed by atoms with Crippen LogP contribution >= 0.6 is 0 Å². The molecule has 4 heteroatoms. The molecule has 0 aliphatic rings.